The number of amides is 3. The van der Waals surface area contributed by atoms with Gasteiger partial charge in [0.15, 0.2) is 11.5 Å². The molecule has 0 bridgehead atoms. The van der Waals surface area contributed by atoms with Crippen molar-refractivity contribution in [1.29, 1.82) is 0 Å². The molecule has 0 saturated carbocycles. The molecule has 0 radical (unpaired) electrons. The second-order valence-corrected chi connectivity index (χ2v) is 10.5. The lowest BCUT2D eigenvalue weighted by Gasteiger charge is -2.27. The first kappa shape index (κ1) is 26.7. The second-order valence-electron chi connectivity index (χ2n) is 8.27. The van der Waals surface area contributed by atoms with Crippen LogP contribution in [-0.2, 0) is 16.2 Å². The minimum Gasteiger partial charge on any atom is -0.493 e. The van der Waals surface area contributed by atoms with Crippen molar-refractivity contribution in [3.63, 3.8) is 0 Å². The Morgan fingerprint density at radius 2 is 1.81 bits per heavy atom. The average molecular weight is 570 g/mol. The van der Waals surface area contributed by atoms with Gasteiger partial charge in [-0.25, -0.2) is 0 Å². The summed E-state index contributed by atoms with van der Waals surface area (Å²) in [7, 11) is 1.47. The van der Waals surface area contributed by atoms with Crippen molar-refractivity contribution in [2.45, 2.75) is 25.9 Å². The molecule has 2 aromatic carbocycles. The van der Waals surface area contributed by atoms with Gasteiger partial charge in [-0.1, -0.05) is 40.9 Å². The van der Waals surface area contributed by atoms with E-state index in [4.69, 9.17) is 44.3 Å². The zero-order valence-electron chi connectivity index (χ0n) is 19.4. The smallest absolute Gasteiger partial charge is 0.294 e. The van der Waals surface area contributed by atoms with Crippen molar-refractivity contribution in [2.75, 3.05) is 26.7 Å². The van der Waals surface area contributed by atoms with E-state index in [9.17, 15) is 14.4 Å². The van der Waals surface area contributed by atoms with Crippen molar-refractivity contribution < 1.29 is 23.9 Å². The van der Waals surface area contributed by atoms with E-state index in [0.29, 0.717) is 40.2 Å². The average Bonchev–Trinajstić information content (AvgIpc) is 3.11. The maximum atomic E-state index is 12.9. The van der Waals surface area contributed by atoms with E-state index in [1.165, 1.54) is 7.11 Å². The molecule has 2 saturated heterocycles. The number of carbonyl (C=O) groups excluding carboxylic acids is 3. The van der Waals surface area contributed by atoms with Gasteiger partial charge in [-0.05, 0) is 66.9 Å². The molecule has 0 aromatic heterocycles. The Bertz CT molecular complexity index is 1230. The molecule has 36 heavy (non-hydrogen) atoms. The van der Waals surface area contributed by atoms with E-state index in [-0.39, 0.29) is 29.0 Å². The lowest BCUT2D eigenvalue weighted by atomic mass is 10.1. The zero-order chi connectivity index (χ0) is 25.8. The standard InChI is InChI=1S/C25H23Cl3N2O5S/c1-34-20-10-15(9-19(28)23(20)35-14-16-5-6-17(26)12-18(16)27)11-21-24(32)30(25(33)36-21)13-22(31)29-7-3-2-4-8-29/h5-6,9-12H,2-4,7-8,13-14H2,1H3/b21-11-. The van der Waals surface area contributed by atoms with Crippen LogP contribution in [0.3, 0.4) is 0 Å². The summed E-state index contributed by atoms with van der Waals surface area (Å²) in [6.45, 7) is 1.19. The van der Waals surface area contributed by atoms with Gasteiger partial charge in [0.25, 0.3) is 11.1 Å². The van der Waals surface area contributed by atoms with Crippen LogP contribution in [0.25, 0.3) is 6.08 Å². The summed E-state index contributed by atoms with van der Waals surface area (Å²) in [4.78, 5) is 40.8. The van der Waals surface area contributed by atoms with Crippen LogP contribution in [0.1, 0.15) is 30.4 Å². The molecule has 0 unspecified atom stereocenters. The van der Waals surface area contributed by atoms with Crippen LogP contribution in [0.4, 0.5) is 4.79 Å². The number of thioether (sulfide) groups is 1. The van der Waals surface area contributed by atoms with Crippen molar-refractivity contribution in [1.82, 2.24) is 9.80 Å². The molecule has 3 amide bonds. The van der Waals surface area contributed by atoms with Gasteiger partial charge < -0.3 is 14.4 Å². The molecule has 7 nitrogen and oxygen atoms in total. The Hall–Kier alpha value is -2.39. The Morgan fingerprint density at radius 3 is 2.50 bits per heavy atom. The number of hydrogen-bond acceptors (Lipinski definition) is 6. The van der Waals surface area contributed by atoms with Crippen LogP contribution in [0.5, 0.6) is 11.5 Å². The number of hydrogen-bond donors (Lipinski definition) is 0. The number of methoxy groups -OCH3 is 1. The number of nitrogens with zero attached hydrogens (tertiary/aromatic N) is 2. The molecular formula is C25H23Cl3N2O5S. The van der Waals surface area contributed by atoms with Crippen LogP contribution < -0.4 is 9.47 Å². The van der Waals surface area contributed by atoms with Crippen molar-refractivity contribution in [3.05, 3.63) is 61.4 Å². The first-order chi connectivity index (χ1) is 17.3. The molecule has 2 heterocycles. The maximum Gasteiger partial charge on any atom is 0.294 e. The first-order valence-corrected chi connectivity index (χ1v) is 13.2. The molecule has 11 heteroatoms. The molecule has 2 aliphatic heterocycles. The van der Waals surface area contributed by atoms with E-state index in [1.54, 1.807) is 41.3 Å². The molecule has 2 fully saturated rings. The van der Waals surface area contributed by atoms with Crippen LogP contribution in [0, 0.1) is 0 Å². The highest BCUT2D eigenvalue weighted by Crippen LogP contribution is 2.39. The van der Waals surface area contributed by atoms with E-state index >= 15 is 0 Å². The summed E-state index contributed by atoms with van der Waals surface area (Å²) in [5.74, 6) is -0.0747. The Kier molecular flexibility index (Phi) is 8.72. The van der Waals surface area contributed by atoms with Gasteiger partial charge >= 0.3 is 0 Å². The number of benzene rings is 2. The molecule has 2 aromatic rings. The summed E-state index contributed by atoms with van der Waals surface area (Å²) in [5, 5.41) is 0.757. The first-order valence-electron chi connectivity index (χ1n) is 11.2. The van der Waals surface area contributed by atoms with Crippen LogP contribution in [0.2, 0.25) is 15.1 Å². The predicted octanol–water partition coefficient (Wildman–Crippen LogP) is 6.28. The van der Waals surface area contributed by atoms with Gasteiger partial charge in [0.05, 0.1) is 17.0 Å². The number of likely N-dealkylation sites (tertiary alicyclic amines) is 1. The maximum absolute atomic E-state index is 12.9. The lowest BCUT2D eigenvalue weighted by molar-refractivity contribution is -0.136. The molecule has 0 spiro atoms. The fraction of sp³-hybridized carbons (Fsp3) is 0.320. The molecular weight excluding hydrogens is 547 g/mol. The molecule has 0 atom stereocenters. The number of carbonyl (C=O) groups is 3. The third-order valence-corrected chi connectivity index (χ3v) is 7.59. The lowest BCUT2D eigenvalue weighted by Crippen LogP contribution is -2.44. The van der Waals surface area contributed by atoms with Crippen molar-refractivity contribution in [2.24, 2.45) is 0 Å². The van der Waals surface area contributed by atoms with Crippen LogP contribution >= 0.6 is 46.6 Å². The van der Waals surface area contributed by atoms with Gasteiger partial charge in [0, 0.05) is 28.7 Å². The van der Waals surface area contributed by atoms with Crippen LogP contribution in [-0.4, -0.2) is 53.6 Å². The van der Waals surface area contributed by atoms with E-state index < -0.39 is 11.1 Å². The normalized spacial score (nSPS) is 17.2. The fourth-order valence-corrected chi connectivity index (χ4v) is 5.49. The van der Waals surface area contributed by atoms with Crippen molar-refractivity contribution in [3.8, 4) is 11.5 Å². The summed E-state index contributed by atoms with van der Waals surface area (Å²) in [6.07, 6.45) is 4.49. The number of imide groups is 1. The van der Waals surface area contributed by atoms with E-state index in [0.717, 1.165) is 41.5 Å². The number of ether oxygens (including phenoxy) is 2. The number of halogens is 3. The SMILES string of the molecule is COc1cc(/C=C2\SC(=O)N(CC(=O)N3CCCCC3)C2=O)cc(Cl)c1OCc1ccc(Cl)cc1Cl. The topological polar surface area (TPSA) is 76.2 Å². The van der Waals surface area contributed by atoms with Crippen molar-refractivity contribution >= 4 is 69.7 Å². The molecule has 0 aliphatic carbocycles. The molecule has 4 rings (SSSR count). The monoisotopic (exact) mass is 568 g/mol. The summed E-state index contributed by atoms with van der Waals surface area (Å²) in [6, 6.07) is 8.34. The number of piperidine rings is 1. The van der Waals surface area contributed by atoms with Gasteiger partial charge in [-0.3, -0.25) is 19.3 Å². The van der Waals surface area contributed by atoms with E-state index in [1.807, 2.05) is 0 Å². The largest absolute Gasteiger partial charge is 0.493 e. The highest BCUT2D eigenvalue weighted by Gasteiger charge is 2.37. The highest BCUT2D eigenvalue weighted by atomic mass is 35.5. The van der Waals surface area contributed by atoms with Gasteiger partial charge in [-0.2, -0.15) is 0 Å². The third kappa shape index (κ3) is 6.11. The molecule has 0 N–H and O–H groups in total. The minimum atomic E-state index is -0.511. The number of rotatable bonds is 7. The summed E-state index contributed by atoms with van der Waals surface area (Å²) >= 11 is 19.4. The van der Waals surface area contributed by atoms with E-state index in [2.05, 4.69) is 0 Å². The summed E-state index contributed by atoms with van der Waals surface area (Å²) in [5.41, 5.74) is 1.26. The Labute approximate surface area is 228 Å². The molecule has 2 aliphatic rings. The zero-order valence-corrected chi connectivity index (χ0v) is 22.5. The quantitative estimate of drug-likeness (QED) is 0.365. The van der Waals surface area contributed by atoms with Crippen LogP contribution in [0.15, 0.2) is 35.2 Å². The highest BCUT2D eigenvalue weighted by molar-refractivity contribution is 8.18. The predicted molar refractivity (Wildman–Crippen MR) is 142 cm³/mol. The summed E-state index contributed by atoms with van der Waals surface area (Å²) < 4.78 is 11.3. The van der Waals surface area contributed by atoms with Gasteiger partial charge in [0.2, 0.25) is 5.91 Å². The minimum absolute atomic E-state index is 0.134. The Balaban J connectivity index is 1.49. The second kappa shape index (κ2) is 11.8. The Morgan fingerprint density at radius 1 is 1.06 bits per heavy atom. The van der Waals surface area contributed by atoms with Gasteiger partial charge in [-0.15, -0.1) is 0 Å². The third-order valence-electron chi connectivity index (χ3n) is 5.81. The molecule has 190 valence electrons. The fourth-order valence-electron chi connectivity index (χ4n) is 3.92. The van der Waals surface area contributed by atoms with Gasteiger partial charge in [0.1, 0.15) is 13.2 Å².